The quantitative estimate of drug-likeness (QED) is 0.521. The lowest BCUT2D eigenvalue weighted by atomic mass is 9.84. The Bertz CT molecular complexity index is 589. The second-order valence-corrected chi connectivity index (χ2v) is 5.15. The van der Waals surface area contributed by atoms with Gasteiger partial charge in [0.2, 0.25) is 0 Å². The van der Waals surface area contributed by atoms with Gasteiger partial charge in [-0.05, 0) is 19.4 Å². The number of nitro groups is 1. The molecule has 3 atom stereocenters. The van der Waals surface area contributed by atoms with Crippen molar-refractivity contribution < 1.29 is 19.2 Å². The highest BCUT2D eigenvalue weighted by Crippen LogP contribution is 2.45. The first-order valence-corrected chi connectivity index (χ1v) is 6.95. The normalized spacial score (nSPS) is 26.4. The molecule has 0 bridgehead atoms. The Morgan fingerprint density at radius 2 is 2.38 bits per heavy atom. The summed E-state index contributed by atoms with van der Waals surface area (Å²) in [5.41, 5.74) is 1.47. The zero-order chi connectivity index (χ0) is 15.0. The van der Waals surface area contributed by atoms with Crippen LogP contribution in [0.2, 0.25) is 0 Å². The molecule has 0 radical (unpaired) electrons. The summed E-state index contributed by atoms with van der Waals surface area (Å²) >= 11 is 0. The molecule has 1 fully saturated rings. The van der Waals surface area contributed by atoms with Crippen molar-refractivity contribution >= 4 is 17.3 Å². The third-order valence-corrected chi connectivity index (χ3v) is 3.97. The van der Waals surface area contributed by atoms with Crippen LogP contribution < -0.4 is 5.32 Å². The largest absolute Gasteiger partial charge is 0.464 e. The highest BCUT2D eigenvalue weighted by Gasteiger charge is 2.45. The van der Waals surface area contributed by atoms with Crippen molar-refractivity contribution in [1.29, 1.82) is 0 Å². The number of nitrogens with zero attached hydrogens (tertiary/aromatic N) is 1. The van der Waals surface area contributed by atoms with Crippen molar-refractivity contribution in [3.05, 3.63) is 33.9 Å². The Balaban J connectivity index is 1.97. The molecule has 1 aromatic rings. The molecular weight excluding hydrogens is 276 g/mol. The average Bonchev–Trinajstić information content (AvgIpc) is 2.95. The van der Waals surface area contributed by atoms with Gasteiger partial charge in [-0.1, -0.05) is 0 Å². The van der Waals surface area contributed by atoms with E-state index < -0.39 is 11.0 Å². The fourth-order valence-electron chi connectivity index (χ4n) is 3.04. The maximum Gasteiger partial charge on any atom is 0.328 e. The Morgan fingerprint density at radius 1 is 1.57 bits per heavy atom. The number of fused-ring (bicyclic) bond motifs is 3. The summed E-state index contributed by atoms with van der Waals surface area (Å²) in [7, 11) is 0. The molecule has 1 saturated heterocycles. The Kier molecular flexibility index (Phi) is 3.50. The average molecular weight is 292 g/mol. The first-order chi connectivity index (χ1) is 10.1. The van der Waals surface area contributed by atoms with Gasteiger partial charge < -0.3 is 14.8 Å². The molecule has 1 N–H and O–H groups in total. The number of hydrogen-bond acceptors (Lipinski definition) is 6. The van der Waals surface area contributed by atoms with Gasteiger partial charge in [0.05, 0.1) is 17.6 Å². The van der Waals surface area contributed by atoms with E-state index in [9.17, 15) is 14.9 Å². The molecule has 0 aromatic heterocycles. The van der Waals surface area contributed by atoms with Crippen LogP contribution in [0.25, 0.3) is 0 Å². The van der Waals surface area contributed by atoms with E-state index in [1.54, 1.807) is 13.0 Å². The third kappa shape index (κ3) is 2.33. The van der Waals surface area contributed by atoms with E-state index in [1.165, 1.54) is 12.1 Å². The number of rotatable bonds is 3. The van der Waals surface area contributed by atoms with Crippen LogP contribution in [0.5, 0.6) is 0 Å². The van der Waals surface area contributed by atoms with E-state index in [-0.39, 0.29) is 23.7 Å². The van der Waals surface area contributed by atoms with Crippen molar-refractivity contribution in [1.82, 2.24) is 0 Å². The molecule has 3 rings (SSSR count). The van der Waals surface area contributed by atoms with E-state index >= 15 is 0 Å². The summed E-state index contributed by atoms with van der Waals surface area (Å²) in [6, 6.07) is 4.10. The molecule has 2 aliphatic heterocycles. The minimum Gasteiger partial charge on any atom is -0.464 e. The van der Waals surface area contributed by atoms with Crippen LogP contribution >= 0.6 is 0 Å². The number of carbonyl (C=O) groups excluding carboxylic acids is 1. The van der Waals surface area contributed by atoms with Gasteiger partial charge in [0.15, 0.2) is 0 Å². The van der Waals surface area contributed by atoms with E-state index in [0.29, 0.717) is 18.9 Å². The molecule has 112 valence electrons. The molecule has 0 spiro atoms. The standard InChI is InChI=1S/C14H16N2O5/c1-2-20-14(17)12-9-5-6-21-13(9)10-7-8(16(18)19)3-4-11(10)15-12/h3-4,7,9,12-13,15H,2,5-6H2,1H3/t9-,12-,13-/m0/s1. The number of carbonyl (C=O) groups is 1. The first kappa shape index (κ1) is 13.8. The van der Waals surface area contributed by atoms with E-state index in [2.05, 4.69) is 5.32 Å². The molecule has 1 aromatic carbocycles. The summed E-state index contributed by atoms with van der Waals surface area (Å²) in [6.07, 6.45) is 0.430. The second-order valence-electron chi connectivity index (χ2n) is 5.15. The molecule has 2 aliphatic rings. The summed E-state index contributed by atoms with van der Waals surface area (Å²) in [5.74, 6) is -0.361. The molecular formula is C14H16N2O5. The fraction of sp³-hybridized carbons (Fsp3) is 0.500. The second kappa shape index (κ2) is 5.33. The molecule has 2 heterocycles. The van der Waals surface area contributed by atoms with Gasteiger partial charge in [-0.25, -0.2) is 4.79 Å². The van der Waals surface area contributed by atoms with Gasteiger partial charge in [0.1, 0.15) is 6.04 Å². The third-order valence-electron chi connectivity index (χ3n) is 3.97. The van der Waals surface area contributed by atoms with Crippen molar-refractivity contribution in [2.45, 2.75) is 25.5 Å². The topological polar surface area (TPSA) is 90.7 Å². The molecule has 7 nitrogen and oxygen atoms in total. The van der Waals surface area contributed by atoms with Crippen molar-refractivity contribution in [2.75, 3.05) is 18.5 Å². The van der Waals surface area contributed by atoms with Crippen LogP contribution in [0.15, 0.2) is 18.2 Å². The highest BCUT2D eigenvalue weighted by atomic mass is 16.6. The number of anilines is 1. The number of benzene rings is 1. The van der Waals surface area contributed by atoms with Crippen LogP contribution in [-0.4, -0.2) is 30.1 Å². The van der Waals surface area contributed by atoms with E-state index in [0.717, 1.165) is 12.0 Å². The number of esters is 1. The number of non-ortho nitro benzene ring substituents is 1. The lowest BCUT2D eigenvalue weighted by Gasteiger charge is -2.34. The Hall–Kier alpha value is -2.15. The smallest absolute Gasteiger partial charge is 0.328 e. The minimum atomic E-state index is -0.466. The number of ether oxygens (including phenoxy) is 2. The zero-order valence-electron chi connectivity index (χ0n) is 11.6. The van der Waals surface area contributed by atoms with Crippen LogP contribution in [-0.2, 0) is 14.3 Å². The summed E-state index contributed by atoms with van der Waals surface area (Å²) in [5, 5.41) is 14.0. The lowest BCUT2D eigenvalue weighted by Crippen LogP contribution is -2.43. The molecule has 0 aliphatic carbocycles. The van der Waals surface area contributed by atoms with Gasteiger partial charge in [0.25, 0.3) is 5.69 Å². The van der Waals surface area contributed by atoms with Gasteiger partial charge in [-0.15, -0.1) is 0 Å². The SMILES string of the molecule is CCOC(=O)[C@H]1Nc2ccc([N+](=O)[O-])cc2[C@H]2OCC[C@@H]12. The predicted molar refractivity (Wildman–Crippen MR) is 73.9 cm³/mol. The van der Waals surface area contributed by atoms with Gasteiger partial charge in [-0.2, -0.15) is 0 Å². The Labute approximate surface area is 121 Å². The zero-order valence-corrected chi connectivity index (χ0v) is 11.6. The molecule has 0 saturated carbocycles. The van der Waals surface area contributed by atoms with Crippen LogP contribution in [0.4, 0.5) is 11.4 Å². The summed E-state index contributed by atoms with van der Waals surface area (Å²) in [4.78, 5) is 22.6. The first-order valence-electron chi connectivity index (χ1n) is 6.95. The fourth-order valence-corrected chi connectivity index (χ4v) is 3.04. The molecule has 0 unspecified atom stereocenters. The van der Waals surface area contributed by atoms with Gasteiger partial charge in [0, 0.05) is 35.9 Å². The maximum atomic E-state index is 12.1. The predicted octanol–water partition coefficient (Wildman–Crippen LogP) is 2.03. The van der Waals surface area contributed by atoms with Crippen LogP contribution in [0, 0.1) is 16.0 Å². The number of nitro benzene ring substituents is 1. The van der Waals surface area contributed by atoms with Crippen molar-refractivity contribution in [3.63, 3.8) is 0 Å². The molecule has 7 heteroatoms. The van der Waals surface area contributed by atoms with Crippen LogP contribution in [0.1, 0.15) is 25.0 Å². The number of hydrogen-bond donors (Lipinski definition) is 1. The van der Waals surface area contributed by atoms with Gasteiger partial charge >= 0.3 is 5.97 Å². The number of nitrogens with one attached hydrogen (secondary N) is 1. The van der Waals surface area contributed by atoms with E-state index in [1.807, 2.05) is 0 Å². The van der Waals surface area contributed by atoms with Crippen LogP contribution in [0.3, 0.4) is 0 Å². The monoisotopic (exact) mass is 292 g/mol. The van der Waals surface area contributed by atoms with Gasteiger partial charge in [-0.3, -0.25) is 10.1 Å². The summed E-state index contributed by atoms with van der Waals surface area (Å²) < 4.78 is 10.8. The lowest BCUT2D eigenvalue weighted by molar-refractivity contribution is -0.385. The highest BCUT2D eigenvalue weighted by molar-refractivity contribution is 5.82. The summed E-state index contributed by atoms with van der Waals surface area (Å²) in [6.45, 7) is 2.62. The Morgan fingerprint density at radius 3 is 3.10 bits per heavy atom. The minimum absolute atomic E-state index is 0.0272. The molecule has 0 amide bonds. The van der Waals surface area contributed by atoms with Crippen molar-refractivity contribution in [3.8, 4) is 0 Å². The molecule has 21 heavy (non-hydrogen) atoms. The van der Waals surface area contributed by atoms with Crippen molar-refractivity contribution in [2.24, 2.45) is 5.92 Å². The van der Waals surface area contributed by atoms with E-state index in [4.69, 9.17) is 9.47 Å². The maximum absolute atomic E-state index is 12.1.